The molecule has 0 unspecified atom stereocenters. The van der Waals surface area contributed by atoms with Gasteiger partial charge in [0, 0.05) is 17.8 Å². The summed E-state index contributed by atoms with van der Waals surface area (Å²) < 4.78 is 6.19. The maximum atomic E-state index is 10.9. The predicted octanol–water partition coefficient (Wildman–Crippen LogP) is 0.836. The van der Waals surface area contributed by atoms with Gasteiger partial charge in [-0.3, -0.25) is 4.98 Å². The van der Waals surface area contributed by atoms with Crippen LogP contribution in [-0.2, 0) is 0 Å². The maximum absolute atomic E-state index is 10.9. The number of hydrogen-bond donors (Lipinski definition) is 0. The van der Waals surface area contributed by atoms with E-state index in [9.17, 15) is 4.79 Å². The number of hydrogen-bond acceptors (Lipinski definition) is 4. The van der Waals surface area contributed by atoms with Gasteiger partial charge in [-0.1, -0.05) is 0 Å². The lowest BCUT2D eigenvalue weighted by molar-refractivity contribution is 0.349. The summed E-state index contributed by atoms with van der Waals surface area (Å²) in [6, 6.07) is 3.13. The highest BCUT2D eigenvalue weighted by atomic mass is 16.5. The second-order valence-electron chi connectivity index (χ2n) is 2.91. The van der Waals surface area contributed by atoms with E-state index in [0.717, 1.165) is 10.9 Å². The lowest BCUT2D eigenvalue weighted by Crippen LogP contribution is -1.89. The molecule has 0 aliphatic carbocycles. The van der Waals surface area contributed by atoms with Crippen LogP contribution in [0.4, 0.5) is 0 Å². The van der Waals surface area contributed by atoms with E-state index in [2.05, 4.69) is 9.97 Å². The number of fused-ring (bicyclic) bond motifs is 2. The SMILES string of the molecule is O=c1cc2nc3ccncc3cn2o1. The molecule has 3 heterocycles. The Morgan fingerprint density at radius 1 is 1.43 bits per heavy atom. The predicted molar refractivity (Wildman–Crippen MR) is 49.0 cm³/mol. The minimum Gasteiger partial charge on any atom is -0.330 e. The van der Waals surface area contributed by atoms with Crippen LogP contribution >= 0.6 is 0 Å². The Bertz CT molecular complexity index is 613. The molecule has 0 fully saturated rings. The minimum atomic E-state index is -0.402. The van der Waals surface area contributed by atoms with Gasteiger partial charge in [0.15, 0.2) is 5.65 Å². The van der Waals surface area contributed by atoms with Crippen LogP contribution in [0.1, 0.15) is 0 Å². The highest BCUT2D eigenvalue weighted by Crippen LogP contribution is 2.10. The van der Waals surface area contributed by atoms with Gasteiger partial charge in [-0.2, -0.15) is 4.57 Å². The fraction of sp³-hybridized carbons (Fsp3) is 0. The zero-order chi connectivity index (χ0) is 9.54. The van der Waals surface area contributed by atoms with Crippen LogP contribution in [0.2, 0.25) is 0 Å². The second kappa shape index (κ2) is 2.41. The van der Waals surface area contributed by atoms with Gasteiger partial charge < -0.3 is 4.52 Å². The third-order valence-electron chi connectivity index (χ3n) is 1.98. The van der Waals surface area contributed by atoms with E-state index in [4.69, 9.17) is 4.52 Å². The molecule has 68 valence electrons. The molecule has 3 rings (SSSR count). The van der Waals surface area contributed by atoms with Crippen molar-refractivity contribution in [2.45, 2.75) is 0 Å². The first-order valence-electron chi connectivity index (χ1n) is 4.06. The summed E-state index contributed by atoms with van der Waals surface area (Å²) in [7, 11) is 0. The Balaban J connectivity index is 2.57. The van der Waals surface area contributed by atoms with Crippen LogP contribution in [0.15, 0.2) is 40.0 Å². The third-order valence-corrected chi connectivity index (χ3v) is 1.98. The standard InChI is InChI=1S/C9H5N3O2/c13-9-3-8-11-7-1-2-10-4-6(7)5-12(8)14-9/h1-5H. The van der Waals surface area contributed by atoms with Gasteiger partial charge in [-0.15, -0.1) is 0 Å². The highest BCUT2D eigenvalue weighted by Gasteiger charge is 2.02. The summed E-state index contributed by atoms with van der Waals surface area (Å²) in [5.41, 5.74) is 0.898. The average Bonchev–Trinajstić information content (AvgIpc) is 2.53. The van der Waals surface area contributed by atoms with E-state index >= 15 is 0 Å². The lowest BCUT2D eigenvalue weighted by atomic mass is 10.3. The van der Waals surface area contributed by atoms with E-state index in [1.807, 2.05) is 0 Å². The second-order valence-corrected chi connectivity index (χ2v) is 2.91. The third kappa shape index (κ3) is 0.922. The van der Waals surface area contributed by atoms with Gasteiger partial charge in [0.1, 0.15) is 0 Å². The maximum Gasteiger partial charge on any atom is 0.360 e. The molecule has 0 aliphatic rings. The van der Waals surface area contributed by atoms with E-state index in [0.29, 0.717) is 5.65 Å². The zero-order valence-electron chi connectivity index (χ0n) is 7.04. The molecular weight excluding hydrogens is 182 g/mol. The van der Waals surface area contributed by atoms with Crippen molar-refractivity contribution in [3.05, 3.63) is 41.1 Å². The molecule has 0 saturated carbocycles. The summed E-state index contributed by atoms with van der Waals surface area (Å²) in [5, 5.41) is 0.833. The van der Waals surface area contributed by atoms with Crippen LogP contribution in [-0.4, -0.2) is 14.5 Å². The Morgan fingerprint density at radius 2 is 2.36 bits per heavy atom. The quantitative estimate of drug-likeness (QED) is 0.523. The smallest absolute Gasteiger partial charge is 0.330 e. The lowest BCUT2D eigenvalue weighted by Gasteiger charge is -1.95. The van der Waals surface area contributed by atoms with E-state index in [1.165, 1.54) is 10.6 Å². The van der Waals surface area contributed by atoms with Gasteiger partial charge in [0.05, 0.1) is 17.8 Å². The Hall–Kier alpha value is -2.17. The molecule has 3 aromatic heterocycles. The van der Waals surface area contributed by atoms with Crippen molar-refractivity contribution < 1.29 is 4.52 Å². The molecule has 0 spiro atoms. The molecule has 14 heavy (non-hydrogen) atoms. The molecule has 5 nitrogen and oxygen atoms in total. The normalized spacial score (nSPS) is 11.1. The summed E-state index contributed by atoms with van der Waals surface area (Å²) in [6.07, 6.45) is 5.01. The highest BCUT2D eigenvalue weighted by molar-refractivity contribution is 5.78. The summed E-state index contributed by atoms with van der Waals surface area (Å²) in [4.78, 5) is 19.1. The molecule has 0 N–H and O–H groups in total. The zero-order valence-corrected chi connectivity index (χ0v) is 7.04. The molecule has 5 heteroatoms. The van der Waals surface area contributed by atoms with Crippen LogP contribution < -0.4 is 5.63 Å². The van der Waals surface area contributed by atoms with Crippen molar-refractivity contribution in [3.8, 4) is 0 Å². The molecule has 0 amide bonds. The van der Waals surface area contributed by atoms with E-state index in [1.54, 1.807) is 24.7 Å². The Labute approximate surface area is 77.6 Å². The monoisotopic (exact) mass is 187 g/mol. The van der Waals surface area contributed by atoms with Gasteiger partial charge in [0.2, 0.25) is 0 Å². The van der Waals surface area contributed by atoms with Gasteiger partial charge in [0.25, 0.3) is 0 Å². The van der Waals surface area contributed by atoms with Crippen molar-refractivity contribution in [2.75, 3.05) is 0 Å². The average molecular weight is 187 g/mol. The molecule has 0 aliphatic heterocycles. The van der Waals surface area contributed by atoms with Gasteiger partial charge in [-0.25, -0.2) is 9.78 Å². The first-order valence-corrected chi connectivity index (χ1v) is 4.06. The Morgan fingerprint density at radius 3 is 3.29 bits per heavy atom. The van der Waals surface area contributed by atoms with Gasteiger partial charge >= 0.3 is 5.63 Å². The van der Waals surface area contributed by atoms with E-state index < -0.39 is 5.63 Å². The van der Waals surface area contributed by atoms with Crippen molar-refractivity contribution in [2.24, 2.45) is 0 Å². The van der Waals surface area contributed by atoms with Crippen molar-refractivity contribution >= 4 is 16.6 Å². The molecule has 0 saturated heterocycles. The summed E-state index contributed by atoms with van der Waals surface area (Å²) in [5.74, 6) is 0. The molecular formula is C9H5N3O2. The molecule has 3 aromatic rings. The molecule has 0 atom stereocenters. The first-order chi connectivity index (χ1) is 6.83. The fourth-order valence-electron chi connectivity index (χ4n) is 1.36. The number of rotatable bonds is 0. The number of pyridine rings is 1. The minimum absolute atomic E-state index is 0.402. The first kappa shape index (κ1) is 7.25. The summed E-state index contributed by atoms with van der Waals surface area (Å²) in [6.45, 7) is 0. The van der Waals surface area contributed by atoms with Crippen LogP contribution in [0, 0.1) is 0 Å². The molecule has 0 bridgehead atoms. The fourth-order valence-corrected chi connectivity index (χ4v) is 1.36. The topological polar surface area (TPSA) is 60.4 Å². The molecule has 0 radical (unpaired) electrons. The van der Waals surface area contributed by atoms with Crippen molar-refractivity contribution in [1.29, 1.82) is 0 Å². The van der Waals surface area contributed by atoms with Crippen LogP contribution in [0.3, 0.4) is 0 Å². The van der Waals surface area contributed by atoms with Crippen molar-refractivity contribution in [1.82, 2.24) is 14.5 Å². The van der Waals surface area contributed by atoms with E-state index in [-0.39, 0.29) is 0 Å². The summed E-state index contributed by atoms with van der Waals surface area (Å²) >= 11 is 0. The van der Waals surface area contributed by atoms with Crippen LogP contribution in [0.5, 0.6) is 0 Å². The largest absolute Gasteiger partial charge is 0.360 e. The van der Waals surface area contributed by atoms with Crippen LogP contribution in [0.25, 0.3) is 16.6 Å². The number of aromatic nitrogens is 3. The Kier molecular flexibility index (Phi) is 1.25. The van der Waals surface area contributed by atoms with Crippen molar-refractivity contribution in [3.63, 3.8) is 0 Å². The van der Waals surface area contributed by atoms with Gasteiger partial charge in [-0.05, 0) is 6.07 Å². The molecule has 0 aromatic carbocycles. The number of nitrogens with zero attached hydrogens (tertiary/aromatic N) is 3.